The zero-order valence-electron chi connectivity index (χ0n) is 14.8. The van der Waals surface area contributed by atoms with Crippen molar-refractivity contribution < 1.29 is 4.79 Å². The number of rotatable bonds is 4. The number of thioether (sulfide) groups is 1. The Morgan fingerprint density at radius 1 is 1.12 bits per heavy atom. The number of amides is 1. The van der Waals surface area contributed by atoms with Crippen LogP contribution in [0.25, 0.3) is 0 Å². The van der Waals surface area contributed by atoms with Crippen molar-refractivity contribution in [2.45, 2.75) is 51.1 Å². The third-order valence-electron chi connectivity index (χ3n) is 4.16. The van der Waals surface area contributed by atoms with E-state index in [-0.39, 0.29) is 17.2 Å². The molecule has 6 nitrogen and oxygen atoms in total. The van der Waals surface area contributed by atoms with Gasteiger partial charge in [0.1, 0.15) is 0 Å². The van der Waals surface area contributed by atoms with Crippen LogP contribution in [0.3, 0.4) is 0 Å². The number of carbonyl (C=O) groups is 1. The van der Waals surface area contributed by atoms with Crippen LogP contribution in [0.2, 0.25) is 0 Å². The third kappa shape index (κ3) is 3.45. The Morgan fingerprint density at radius 3 is 2.29 bits per heavy atom. The van der Waals surface area contributed by atoms with Crippen molar-refractivity contribution in [1.82, 2.24) is 24.6 Å². The first-order valence-electron chi connectivity index (χ1n) is 8.14. The molecule has 1 aliphatic rings. The summed E-state index contributed by atoms with van der Waals surface area (Å²) >= 11 is 1.43. The molecule has 0 aromatic carbocycles. The highest BCUT2D eigenvalue weighted by atomic mass is 32.2. The number of carbonyl (C=O) groups excluding carboxylic acids is 1. The molecule has 3 heterocycles. The number of hydrogen-bond donors (Lipinski definition) is 0. The summed E-state index contributed by atoms with van der Waals surface area (Å²) in [6.07, 6.45) is 0. The second kappa shape index (κ2) is 6.55. The summed E-state index contributed by atoms with van der Waals surface area (Å²) in [6, 6.07) is 4.29. The molecule has 7 heteroatoms. The predicted molar refractivity (Wildman–Crippen MR) is 94.1 cm³/mol. The van der Waals surface area contributed by atoms with E-state index in [0.29, 0.717) is 5.16 Å². The summed E-state index contributed by atoms with van der Waals surface area (Å²) in [5.41, 5.74) is 4.03. The fraction of sp³-hybridized carbons (Fsp3) is 0.529. The average molecular weight is 345 g/mol. The molecule has 1 aliphatic heterocycles. The Labute approximate surface area is 146 Å². The number of nitrogens with zero attached hydrogens (tertiary/aromatic N) is 5. The summed E-state index contributed by atoms with van der Waals surface area (Å²) in [6.45, 7) is 11.3. The molecule has 0 radical (unpaired) electrons. The maximum absolute atomic E-state index is 12.6. The summed E-state index contributed by atoms with van der Waals surface area (Å²) in [5.74, 6) is 0.139. The zero-order chi connectivity index (χ0) is 17.4. The van der Waals surface area contributed by atoms with Gasteiger partial charge in [-0.1, -0.05) is 11.8 Å². The average Bonchev–Trinajstić information content (AvgIpc) is 2.74. The summed E-state index contributed by atoms with van der Waals surface area (Å²) in [7, 11) is 0. The minimum absolute atomic E-state index is 0.139. The van der Waals surface area contributed by atoms with Crippen molar-refractivity contribution in [2.24, 2.45) is 0 Å². The van der Waals surface area contributed by atoms with Crippen molar-refractivity contribution >= 4 is 17.7 Å². The van der Waals surface area contributed by atoms with E-state index < -0.39 is 0 Å². The number of likely N-dealkylation sites (tertiary alicyclic amines) is 1. The maximum Gasteiger partial charge on any atom is 0.236 e. The molecule has 0 spiro atoms. The highest BCUT2D eigenvalue weighted by Crippen LogP contribution is 2.27. The van der Waals surface area contributed by atoms with Crippen LogP contribution >= 0.6 is 11.8 Å². The normalized spacial score (nSPS) is 16.1. The minimum Gasteiger partial charge on any atom is -0.337 e. The van der Waals surface area contributed by atoms with Crippen molar-refractivity contribution in [1.29, 1.82) is 0 Å². The van der Waals surface area contributed by atoms with Gasteiger partial charge in [0.05, 0.1) is 17.0 Å². The van der Waals surface area contributed by atoms with Crippen molar-refractivity contribution in [3.8, 4) is 0 Å². The largest absolute Gasteiger partial charge is 0.337 e. The topological polar surface area (TPSA) is 63.9 Å². The Hall–Kier alpha value is -1.89. The van der Waals surface area contributed by atoms with Crippen LogP contribution in [0, 0.1) is 27.7 Å². The number of aromatic nitrogens is 4. The lowest BCUT2D eigenvalue weighted by molar-refractivity contribution is -0.136. The van der Waals surface area contributed by atoms with Crippen LogP contribution < -0.4 is 0 Å². The second-order valence-corrected chi connectivity index (χ2v) is 7.77. The minimum atomic E-state index is -0.187. The molecule has 1 saturated heterocycles. The SMILES string of the molecule is Cc1cc(C)nc(SC(C)C(=O)N2CC(n3nc(C)cc3C)C2)n1. The highest BCUT2D eigenvalue weighted by Gasteiger charge is 2.35. The van der Waals surface area contributed by atoms with Gasteiger partial charge in [-0.25, -0.2) is 9.97 Å². The van der Waals surface area contributed by atoms with Gasteiger partial charge in [-0.3, -0.25) is 9.48 Å². The lowest BCUT2D eigenvalue weighted by Gasteiger charge is -2.40. The number of aryl methyl sites for hydroxylation is 4. The summed E-state index contributed by atoms with van der Waals surface area (Å²) in [5, 5.41) is 4.99. The summed E-state index contributed by atoms with van der Waals surface area (Å²) in [4.78, 5) is 23.3. The van der Waals surface area contributed by atoms with Gasteiger partial charge >= 0.3 is 0 Å². The van der Waals surface area contributed by atoms with Gasteiger partial charge in [0.15, 0.2) is 5.16 Å². The smallest absolute Gasteiger partial charge is 0.236 e. The zero-order valence-corrected chi connectivity index (χ0v) is 15.6. The van der Waals surface area contributed by atoms with Crippen LogP contribution in [0.5, 0.6) is 0 Å². The fourth-order valence-electron chi connectivity index (χ4n) is 3.02. The van der Waals surface area contributed by atoms with Gasteiger partial charge in [-0.2, -0.15) is 5.10 Å². The van der Waals surface area contributed by atoms with E-state index in [0.717, 1.165) is 35.9 Å². The van der Waals surface area contributed by atoms with E-state index in [1.807, 2.05) is 43.3 Å². The Bertz CT molecular complexity index is 746. The molecule has 0 bridgehead atoms. The monoisotopic (exact) mass is 345 g/mol. The fourth-order valence-corrected chi connectivity index (χ4v) is 3.98. The first-order valence-corrected chi connectivity index (χ1v) is 9.02. The van der Waals surface area contributed by atoms with E-state index in [9.17, 15) is 4.79 Å². The van der Waals surface area contributed by atoms with Crippen LogP contribution in [0.1, 0.15) is 35.7 Å². The molecule has 128 valence electrons. The van der Waals surface area contributed by atoms with Gasteiger partial charge in [-0.05, 0) is 46.8 Å². The molecule has 0 N–H and O–H groups in total. The highest BCUT2D eigenvalue weighted by molar-refractivity contribution is 8.00. The molecular formula is C17H23N5OS. The van der Waals surface area contributed by atoms with Crippen LogP contribution in [0.15, 0.2) is 17.3 Å². The molecule has 24 heavy (non-hydrogen) atoms. The first kappa shape index (κ1) is 17.0. The predicted octanol–water partition coefficient (Wildman–Crippen LogP) is 2.47. The molecule has 0 saturated carbocycles. The molecule has 1 amide bonds. The molecular weight excluding hydrogens is 322 g/mol. The molecule has 2 aromatic heterocycles. The van der Waals surface area contributed by atoms with Crippen LogP contribution in [-0.2, 0) is 4.79 Å². The Balaban J connectivity index is 1.58. The van der Waals surface area contributed by atoms with Crippen LogP contribution in [0.4, 0.5) is 0 Å². The Kier molecular flexibility index (Phi) is 4.62. The standard InChI is InChI=1S/C17H23N5OS/c1-10-6-11(2)19-17(18-10)24-14(5)16(23)21-8-15(9-21)22-13(4)7-12(3)20-22/h6-7,14-15H,8-9H2,1-5H3. The van der Waals surface area contributed by atoms with Gasteiger partial charge < -0.3 is 4.90 Å². The molecule has 1 unspecified atom stereocenters. The van der Waals surface area contributed by atoms with Crippen molar-refractivity contribution in [3.63, 3.8) is 0 Å². The van der Waals surface area contributed by atoms with E-state index >= 15 is 0 Å². The number of hydrogen-bond acceptors (Lipinski definition) is 5. The van der Waals surface area contributed by atoms with E-state index in [1.54, 1.807) is 0 Å². The maximum atomic E-state index is 12.6. The van der Waals surface area contributed by atoms with Crippen molar-refractivity contribution in [2.75, 3.05) is 13.1 Å². The van der Waals surface area contributed by atoms with Crippen LogP contribution in [-0.4, -0.2) is 48.9 Å². The third-order valence-corrected chi connectivity index (χ3v) is 5.10. The van der Waals surface area contributed by atoms with E-state index in [2.05, 4.69) is 28.1 Å². The second-order valence-electron chi connectivity index (χ2n) is 6.46. The lowest BCUT2D eigenvalue weighted by Crippen LogP contribution is -2.53. The first-order chi connectivity index (χ1) is 11.3. The van der Waals surface area contributed by atoms with E-state index in [4.69, 9.17) is 0 Å². The summed E-state index contributed by atoms with van der Waals surface area (Å²) < 4.78 is 2.03. The van der Waals surface area contributed by atoms with Gasteiger partial charge in [0, 0.05) is 30.2 Å². The van der Waals surface area contributed by atoms with Gasteiger partial charge in [0.2, 0.25) is 5.91 Å². The molecule has 2 aromatic rings. The molecule has 1 atom stereocenters. The molecule has 1 fully saturated rings. The Morgan fingerprint density at radius 2 is 1.75 bits per heavy atom. The lowest BCUT2D eigenvalue weighted by atomic mass is 10.1. The van der Waals surface area contributed by atoms with Gasteiger partial charge in [0.25, 0.3) is 0 Å². The van der Waals surface area contributed by atoms with Crippen molar-refractivity contribution in [3.05, 3.63) is 34.9 Å². The molecule has 3 rings (SSSR count). The van der Waals surface area contributed by atoms with Gasteiger partial charge in [-0.15, -0.1) is 0 Å². The molecule has 0 aliphatic carbocycles. The quantitative estimate of drug-likeness (QED) is 0.629. The van der Waals surface area contributed by atoms with E-state index in [1.165, 1.54) is 11.8 Å².